The Labute approximate surface area is 80.8 Å². The average Bonchev–Trinajstić information content (AvgIpc) is 2.53. The standard InChI is InChI=1S/C10H7ClO2/c11-8-3-1-7(2-4-8)9-5-6-13-10(9)12/h1-6,9H. The van der Waals surface area contributed by atoms with E-state index in [0.29, 0.717) is 5.02 Å². The largest absolute Gasteiger partial charge is 0.434 e. The Balaban J connectivity index is 2.30. The number of cyclic esters (lactones) is 1. The lowest BCUT2D eigenvalue weighted by Crippen LogP contribution is -2.05. The maximum absolute atomic E-state index is 11.1. The van der Waals surface area contributed by atoms with E-state index in [1.165, 1.54) is 6.26 Å². The monoisotopic (exact) mass is 194 g/mol. The quantitative estimate of drug-likeness (QED) is 0.642. The summed E-state index contributed by atoms with van der Waals surface area (Å²) in [5.41, 5.74) is 0.906. The molecule has 3 heteroatoms. The molecule has 0 amide bonds. The van der Waals surface area contributed by atoms with Crippen molar-refractivity contribution < 1.29 is 9.53 Å². The molecule has 1 heterocycles. The van der Waals surface area contributed by atoms with Gasteiger partial charge in [0.25, 0.3) is 0 Å². The maximum atomic E-state index is 11.1. The lowest BCUT2D eigenvalue weighted by Gasteiger charge is -2.04. The number of hydrogen-bond acceptors (Lipinski definition) is 2. The molecule has 1 unspecified atom stereocenters. The van der Waals surface area contributed by atoms with Crippen molar-refractivity contribution in [2.45, 2.75) is 5.92 Å². The highest BCUT2D eigenvalue weighted by Gasteiger charge is 2.22. The van der Waals surface area contributed by atoms with E-state index in [0.717, 1.165) is 5.56 Å². The number of carbonyl (C=O) groups excluding carboxylic acids is 1. The van der Waals surface area contributed by atoms with Gasteiger partial charge < -0.3 is 4.74 Å². The van der Waals surface area contributed by atoms with Gasteiger partial charge in [-0.1, -0.05) is 23.7 Å². The van der Waals surface area contributed by atoms with E-state index in [4.69, 9.17) is 16.3 Å². The van der Waals surface area contributed by atoms with Crippen LogP contribution in [0.15, 0.2) is 36.6 Å². The molecule has 2 nitrogen and oxygen atoms in total. The summed E-state index contributed by atoms with van der Waals surface area (Å²) in [6, 6.07) is 7.17. The van der Waals surface area contributed by atoms with Crippen LogP contribution < -0.4 is 0 Å². The van der Waals surface area contributed by atoms with Gasteiger partial charge in [-0.3, -0.25) is 4.79 Å². The van der Waals surface area contributed by atoms with Crippen LogP contribution in [0.1, 0.15) is 11.5 Å². The predicted octanol–water partition coefficient (Wildman–Crippen LogP) is 2.49. The molecule has 1 aliphatic heterocycles. The molecule has 13 heavy (non-hydrogen) atoms. The summed E-state index contributed by atoms with van der Waals surface area (Å²) in [6.07, 6.45) is 3.15. The zero-order valence-electron chi connectivity index (χ0n) is 6.74. The van der Waals surface area contributed by atoms with Crippen LogP contribution in [0, 0.1) is 0 Å². The third-order valence-electron chi connectivity index (χ3n) is 1.94. The topological polar surface area (TPSA) is 26.3 Å². The average molecular weight is 195 g/mol. The number of benzene rings is 1. The SMILES string of the molecule is O=C1OC=CC1c1ccc(Cl)cc1. The minimum atomic E-state index is -0.266. The number of esters is 1. The number of ether oxygens (including phenoxy) is 1. The number of hydrogen-bond donors (Lipinski definition) is 0. The van der Waals surface area contributed by atoms with Crippen molar-refractivity contribution >= 4 is 17.6 Å². The Morgan fingerprint density at radius 2 is 1.92 bits per heavy atom. The highest BCUT2D eigenvalue weighted by atomic mass is 35.5. The Morgan fingerprint density at radius 3 is 2.46 bits per heavy atom. The van der Waals surface area contributed by atoms with Gasteiger partial charge in [0, 0.05) is 5.02 Å². The van der Waals surface area contributed by atoms with Crippen LogP contribution in [0.4, 0.5) is 0 Å². The van der Waals surface area contributed by atoms with Crippen molar-refractivity contribution in [1.82, 2.24) is 0 Å². The van der Waals surface area contributed by atoms with Crippen LogP contribution >= 0.6 is 11.6 Å². The van der Waals surface area contributed by atoms with Gasteiger partial charge in [0.2, 0.25) is 0 Å². The zero-order chi connectivity index (χ0) is 9.26. The van der Waals surface area contributed by atoms with Gasteiger partial charge in [-0.2, -0.15) is 0 Å². The summed E-state index contributed by atoms with van der Waals surface area (Å²) < 4.78 is 4.70. The van der Waals surface area contributed by atoms with Crippen molar-refractivity contribution in [3.05, 3.63) is 47.2 Å². The zero-order valence-corrected chi connectivity index (χ0v) is 7.49. The van der Waals surface area contributed by atoms with Crippen LogP contribution in [0.5, 0.6) is 0 Å². The van der Waals surface area contributed by atoms with E-state index >= 15 is 0 Å². The molecule has 0 saturated carbocycles. The first kappa shape index (κ1) is 8.32. The number of rotatable bonds is 1. The third kappa shape index (κ3) is 1.58. The van der Waals surface area contributed by atoms with Crippen molar-refractivity contribution in [3.63, 3.8) is 0 Å². The minimum absolute atomic E-state index is 0.234. The highest BCUT2D eigenvalue weighted by molar-refractivity contribution is 6.30. The molecule has 1 atom stereocenters. The molecule has 1 aliphatic rings. The summed E-state index contributed by atoms with van der Waals surface area (Å²) in [4.78, 5) is 11.1. The van der Waals surface area contributed by atoms with Crippen LogP contribution in [0.3, 0.4) is 0 Å². The van der Waals surface area contributed by atoms with E-state index < -0.39 is 0 Å². The van der Waals surface area contributed by atoms with E-state index in [1.807, 2.05) is 12.1 Å². The van der Waals surface area contributed by atoms with Gasteiger partial charge in [-0.05, 0) is 23.8 Å². The highest BCUT2D eigenvalue weighted by Crippen LogP contribution is 2.24. The molecule has 66 valence electrons. The molecular weight excluding hydrogens is 188 g/mol. The fourth-order valence-corrected chi connectivity index (χ4v) is 1.38. The van der Waals surface area contributed by atoms with E-state index in [2.05, 4.69) is 0 Å². The van der Waals surface area contributed by atoms with Gasteiger partial charge in [0.1, 0.15) is 5.92 Å². The second kappa shape index (κ2) is 3.23. The summed E-state index contributed by atoms with van der Waals surface area (Å²) in [5, 5.41) is 0.666. The molecule has 0 spiro atoms. The normalized spacial score (nSPS) is 20.4. The maximum Gasteiger partial charge on any atom is 0.322 e. The molecule has 1 aromatic carbocycles. The van der Waals surface area contributed by atoms with Crippen molar-refractivity contribution in [2.75, 3.05) is 0 Å². The van der Waals surface area contributed by atoms with Crippen LogP contribution in [0.2, 0.25) is 5.02 Å². The van der Waals surface area contributed by atoms with Gasteiger partial charge >= 0.3 is 5.97 Å². The molecule has 0 fully saturated rings. The Hall–Kier alpha value is -1.28. The molecular formula is C10H7ClO2. The van der Waals surface area contributed by atoms with E-state index in [1.54, 1.807) is 18.2 Å². The summed E-state index contributed by atoms with van der Waals surface area (Å²) in [6.45, 7) is 0. The number of halogens is 1. The second-order valence-corrected chi connectivity index (χ2v) is 3.23. The van der Waals surface area contributed by atoms with Gasteiger partial charge in [0.15, 0.2) is 0 Å². The molecule has 2 rings (SSSR count). The lowest BCUT2D eigenvalue weighted by atomic mass is 10.0. The third-order valence-corrected chi connectivity index (χ3v) is 2.19. The Kier molecular flexibility index (Phi) is 2.07. The molecule has 0 N–H and O–H groups in total. The van der Waals surface area contributed by atoms with E-state index in [9.17, 15) is 4.79 Å². The second-order valence-electron chi connectivity index (χ2n) is 2.79. The molecule has 1 aromatic rings. The Morgan fingerprint density at radius 1 is 1.23 bits per heavy atom. The fourth-order valence-electron chi connectivity index (χ4n) is 1.25. The summed E-state index contributed by atoms with van der Waals surface area (Å²) in [5.74, 6) is -0.500. The van der Waals surface area contributed by atoms with Gasteiger partial charge in [-0.25, -0.2) is 0 Å². The first-order chi connectivity index (χ1) is 6.27. The molecule has 0 aliphatic carbocycles. The first-order valence-corrected chi connectivity index (χ1v) is 4.28. The smallest absolute Gasteiger partial charge is 0.322 e. The van der Waals surface area contributed by atoms with Crippen LogP contribution in [0.25, 0.3) is 0 Å². The van der Waals surface area contributed by atoms with Crippen molar-refractivity contribution in [2.24, 2.45) is 0 Å². The predicted molar refractivity (Wildman–Crippen MR) is 49.4 cm³/mol. The summed E-state index contributed by atoms with van der Waals surface area (Å²) in [7, 11) is 0. The molecule has 0 radical (unpaired) electrons. The first-order valence-electron chi connectivity index (χ1n) is 3.90. The molecule has 0 aromatic heterocycles. The lowest BCUT2D eigenvalue weighted by molar-refractivity contribution is -0.136. The van der Waals surface area contributed by atoms with Crippen LogP contribution in [-0.4, -0.2) is 5.97 Å². The van der Waals surface area contributed by atoms with Crippen molar-refractivity contribution in [3.8, 4) is 0 Å². The minimum Gasteiger partial charge on any atom is -0.434 e. The van der Waals surface area contributed by atoms with Crippen LogP contribution in [-0.2, 0) is 9.53 Å². The summed E-state index contributed by atoms with van der Waals surface area (Å²) >= 11 is 5.72. The Bertz CT molecular complexity index is 354. The van der Waals surface area contributed by atoms with Crippen molar-refractivity contribution in [1.29, 1.82) is 0 Å². The molecule has 0 saturated heterocycles. The fraction of sp³-hybridized carbons (Fsp3) is 0.100. The van der Waals surface area contributed by atoms with E-state index in [-0.39, 0.29) is 11.9 Å². The molecule has 0 bridgehead atoms. The van der Waals surface area contributed by atoms with Gasteiger partial charge in [-0.15, -0.1) is 0 Å². The number of carbonyl (C=O) groups is 1. The van der Waals surface area contributed by atoms with Gasteiger partial charge in [0.05, 0.1) is 6.26 Å².